The molecule has 0 radical (unpaired) electrons. The van der Waals surface area contributed by atoms with E-state index in [9.17, 15) is 14.7 Å². The van der Waals surface area contributed by atoms with Crippen molar-refractivity contribution in [1.82, 2.24) is 5.32 Å². The molecule has 0 heterocycles. The fourth-order valence-electron chi connectivity index (χ4n) is 1.52. The van der Waals surface area contributed by atoms with Crippen molar-refractivity contribution in [3.8, 4) is 0 Å². The summed E-state index contributed by atoms with van der Waals surface area (Å²) < 4.78 is 0. The number of aliphatic hydroxyl groups excluding tert-OH is 1. The second-order valence-corrected chi connectivity index (χ2v) is 5.09. The van der Waals surface area contributed by atoms with Gasteiger partial charge in [-0.3, -0.25) is 9.59 Å². The SMILES string of the molecule is NC(=O)CSCCC(=O)N[C@@H](CO)c1ccccc1. The van der Waals surface area contributed by atoms with Crippen LogP contribution in [0.3, 0.4) is 0 Å². The van der Waals surface area contributed by atoms with Gasteiger partial charge in [0.15, 0.2) is 0 Å². The number of carbonyl (C=O) groups is 2. The van der Waals surface area contributed by atoms with E-state index in [1.54, 1.807) is 0 Å². The summed E-state index contributed by atoms with van der Waals surface area (Å²) in [4.78, 5) is 22.2. The van der Waals surface area contributed by atoms with E-state index in [1.807, 2.05) is 30.3 Å². The molecule has 1 aromatic carbocycles. The van der Waals surface area contributed by atoms with Crippen molar-refractivity contribution in [3.05, 3.63) is 35.9 Å². The number of carbonyl (C=O) groups excluding carboxylic acids is 2. The van der Waals surface area contributed by atoms with Gasteiger partial charge in [0, 0.05) is 12.2 Å². The maximum Gasteiger partial charge on any atom is 0.227 e. The molecule has 4 N–H and O–H groups in total. The minimum atomic E-state index is -0.394. The standard InChI is InChI=1S/C13H18N2O3S/c14-12(17)9-19-7-6-13(18)15-11(8-16)10-4-2-1-3-5-10/h1-5,11,16H,6-9H2,(H2,14,17)(H,15,18)/t11-/m0/s1. The number of nitrogens with two attached hydrogens (primary N) is 1. The largest absolute Gasteiger partial charge is 0.394 e. The fraction of sp³-hybridized carbons (Fsp3) is 0.385. The highest BCUT2D eigenvalue weighted by Crippen LogP contribution is 2.12. The zero-order valence-corrected chi connectivity index (χ0v) is 11.4. The summed E-state index contributed by atoms with van der Waals surface area (Å²) in [7, 11) is 0. The van der Waals surface area contributed by atoms with Crippen LogP contribution in [-0.4, -0.2) is 35.0 Å². The lowest BCUT2D eigenvalue weighted by atomic mass is 10.1. The maximum atomic E-state index is 11.7. The molecule has 0 fully saturated rings. The molecule has 0 aromatic heterocycles. The molecule has 1 rings (SSSR count). The molecule has 19 heavy (non-hydrogen) atoms. The molecule has 5 nitrogen and oxygen atoms in total. The third-order valence-electron chi connectivity index (χ3n) is 2.44. The first-order chi connectivity index (χ1) is 9.13. The van der Waals surface area contributed by atoms with Gasteiger partial charge in [0.25, 0.3) is 0 Å². The van der Waals surface area contributed by atoms with Crippen LogP contribution >= 0.6 is 11.8 Å². The Kier molecular flexibility index (Phi) is 6.99. The lowest BCUT2D eigenvalue weighted by Gasteiger charge is -2.16. The Labute approximate surface area is 116 Å². The minimum absolute atomic E-state index is 0.149. The molecule has 0 unspecified atom stereocenters. The topological polar surface area (TPSA) is 92.4 Å². The molecule has 6 heteroatoms. The number of thioether (sulfide) groups is 1. The van der Waals surface area contributed by atoms with Crippen molar-refractivity contribution in [2.24, 2.45) is 5.73 Å². The first kappa shape index (κ1) is 15.5. The van der Waals surface area contributed by atoms with Crippen molar-refractivity contribution >= 4 is 23.6 Å². The molecule has 0 saturated heterocycles. The first-order valence-corrected chi connectivity index (χ1v) is 7.10. The number of amides is 2. The normalized spacial score (nSPS) is 11.8. The van der Waals surface area contributed by atoms with Gasteiger partial charge in [-0.1, -0.05) is 30.3 Å². The summed E-state index contributed by atoms with van der Waals surface area (Å²) in [5, 5.41) is 12.0. The lowest BCUT2D eigenvalue weighted by molar-refractivity contribution is -0.121. The van der Waals surface area contributed by atoms with Gasteiger partial charge < -0.3 is 16.2 Å². The zero-order chi connectivity index (χ0) is 14.1. The molecule has 0 aliphatic carbocycles. The van der Waals surface area contributed by atoms with E-state index in [2.05, 4.69) is 5.32 Å². The average molecular weight is 282 g/mol. The summed E-state index contributed by atoms with van der Waals surface area (Å²) in [5.74, 6) is 0.208. The van der Waals surface area contributed by atoms with Crippen LogP contribution in [0.1, 0.15) is 18.0 Å². The van der Waals surface area contributed by atoms with Crippen LogP contribution in [0.25, 0.3) is 0 Å². The Morgan fingerprint density at radius 1 is 1.32 bits per heavy atom. The van der Waals surface area contributed by atoms with Crippen molar-refractivity contribution in [1.29, 1.82) is 0 Å². The molecule has 0 spiro atoms. The minimum Gasteiger partial charge on any atom is -0.394 e. The van der Waals surface area contributed by atoms with Gasteiger partial charge >= 0.3 is 0 Å². The smallest absolute Gasteiger partial charge is 0.227 e. The second-order valence-electron chi connectivity index (χ2n) is 3.98. The first-order valence-electron chi connectivity index (χ1n) is 5.94. The highest BCUT2D eigenvalue weighted by Gasteiger charge is 2.12. The van der Waals surface area contributed by atoms with Gasteiger partial charge in [0.05, 0.1) is 18.4 Å². The number of nitrogens with one attached hydrogen (secondary N) is 1. The summed E-state index contributed by atoms with van der Waals surface area (Å²) in [5.41, 5.74) is 5.86. The van der Waals surface area contributed by atoms with Crippen molar-refractivity contribution in [2.45, 2.75) is 12.5 Å². The van der Waals surface area contributed by atoms with Gasteiger partial charge in [-0.15, -0.1) is 0 Å². The average Bonchev–Trinajstić information content (AvgIpc) is 2.41. The van der Waals surface area contributed by atoms with E-state index in [4.69, 9.17) is 5.73 Å². The molecular formula is C13H18N2O3S. The molecule has 0 bridgehead atoms. The molecule has 104 valence electrons. The van der Waals surface area contributed by atoms with Crippen molar-refractivity contribution in [3.63, 3.8) is 0 Å². The Bertz CT molecular complexity index is 412. The molecule has 0 saturated carbocycles. The van der Waals surface area contributed by atoms with Gasteiger partial charge in [-0.05, 0) is 5.56 Å². The van der Waals surface area contributed by atoms with E-state index in [1.165, 1.54) is 11.8 Å². The van der Waals surface area contributed by atoms with Crippen molar-refractivity contribution < 1.29 is 14.7 Å². The summed E-state index contributed by atoms with van der Waals surface area (Å²) in [6.07, 6.45) is 0.293. The van der Waals surface area contributed by atoms with Gasteiger partial charge in [0.1, 0.15) is 0 Å². The van der Waals surface area contributed by atoms with Gasteiger partial charge in [0.2, 0.25) is 11.8 Å². The number of hydrogen-bond acceptors (Lipinski definition) is 4. The zero-order valence-electron chi connectivity index (χ0n) is 10.5. The number of primary amides is 1. The quantitative estimate of drug-likeness (QED) is 0.603. The van der Waals surface area contributed by atoms with E-state index in [0.29, 0.717) is 12.2 Å². The predicted molar refractivity (Wildman–Crippen MR) is 75.5 cm³/mol. The summed E-state index contributed by atoms with van der Waals surface area (Å²) in [6.45, 7) is -0.149. The van der Waals surface area contributed by atoms with E-state index in [-0.39, 0.29) is 24.2 Å². The lowest BCUT2D eigenvalue weighted by Crippen LogP contribution is -2.31. The van der Waals surface area contributed by atoms with Crippen LogP contribution in [0.4, 0.5) is 0 Å². The van der Waals surface area contributed by atoms with Crippen LogP contribution in [-0.2, 0) is 9.59 Å². The van der Waals surface area contributed by atoms with Crippen LogP contribution in [0.15, 0.2) is 30.3 Å². The van der Waals surface area contributed by atoms with Crippen LogP contribution < -0.4 is 11.1 Å². The maximum absolute atomic E-state index is 11.7. The third kappa shape index (κ3) is 6.26. The van der Waals surface area contributed by atoms with Crippen LogP contribution in [0, 0.1) is 0 Å². The highest BCUT2D eigenvalue weighted by molar-refractivity contribution is 7.99. The molecule has 0 aliphatic rings. The number of hydrogen-bond donors (Lipinski definition) is 3. The van der Waals surface area contributed by atoms with Crippen molar-refractivity contribution in [2.75, 3.05) is 18.1 Å². The number of benzene rings is 1. The molecule has 2 amide bonds. The van der Waals surface area contributed by atoms with Crippen LogP contribution in [0.2, 0.25) is 0 Å². The molecular weight excluding hydrogens is 264 g/mol. The Balaban J connectivity index is 2.35. The molecule has 1 atom stereocenters. The second kappa shape index (κ2) is 8.55. The van der Waals surface area contributed by atoms with E-state index < -0.39 is 6.04 Å². The summed E-state index contributed by atoms with van der Waals surface area (Å²) in [6, 6.07) is 8.89. The van der Waals surface area contributed by atoms with Gasteiger partial charge in [-0.25, -0.2) is 0 Å². The third-order valence-corrected chi connectivity index (χ3v) is 3.42. The van der Waals surface area contributed by atoms with E-state index in [0.717, 1.165) is 5.56 Å². The number of rotatable bonds is 8. The predicted octanol–water partition coefficient (Wildman–Crippen LogP) is 0.445. The monoisotopic (exact) mass is 282 g/mol. The molecule has 0 aliphatic heterocycles. The highest BCUT2D eigenvalue weighted by atomic mass is 32.2. The van der Waals surface area contributed by atoms with Gasteiger partial charge in [-0.2, -0.15) is 11.8 Å². The Morgan fingerprint density at radius 2 is 2.00 bits per heavy atom. The number of aliphatic hydroxyl groups is 1. The van der Waals surface area contributed by atoms with Crippen LogP contribution in [0.5, 0.6) is 0 Å². The summed E-state index contributed by atoms with van der Waals surface area (Å²) >= 11 is 1.32. The fourth-order valence-corrected chi connectivity index (χ4v) is 2.20. The molecule has 1 aromatic rings. The Hall–Kier alpha value is -1.53. The Morgan fingerprint density at radius 3 is 2.58 bits per heavy atom. The van der Waals surface area contributed by atoms with E-state index >= 15 is 0 Å².